The van der Waals surface area contributed by atoms with Crippen LogP contribution in [0.4, 0.5) is 5.69 Å². The fourth-order valence-electron chi connectivity index (χ4n) is 3.28. The third-order valence-corrected chi connectivity index (χ3v) is 6.32. The predicted molar refractivity (Wildman–Crippen MR) is 134 cm³/mol. The van der Waals surface area contributed by atoms with Crippen LogP contribution in [0.5, 0.6) is 5.75 Å². The van der Waals surface area contributed by atoms with Crippen molar-refractivity contribution < 1.29 is 9.53 Å². The molecule has 0 spiro atoms. The van der Waals surface area contributed by atoms with E-state index in [9.17, 15) is 14.4 Å². The Morgan fingerprint density at radius 1 is 1.11 bits per heavy atom. The topological polar surface area (TPSA) is 135 Å². The second kappa shape index (κ2) is 10.6. The van der Waals surface area contributed by atoms with Crippen LogP contribution in [0.25, 0.3) is 5.69 Å². The Morgan fingerprint density at radius 2 is 1.89 bits per heavy atom. The lowest BCUT2D eigenvalue weighted by Gasteiger charge is -2.11. The van der Waals surface area contributed by atoms with Crippen molar-refractivity contribution in [1.82, 2.24) is 24.7 Å². The summed E-state index contributed by atoms with van der Waals surface area (Å²) < 4.78 is 7.00. The lowest BCUT2D eigenvalue weighted by molar-refractivity contribution is -0.113. The number of amides is 1. The first kappa shape index (κ1) is 24.3. The van der Waals surface area contributed by atoms with Gasteiger partial charge in [-0.25, -0.2) is 4.79 Å². The number of nitrogens with one attached hydrogen (secondary N) is 3. The SMILES string of the molecule is COc1ccc(-n2c(Cc3cc(=O)[nH]c(=O)[nH]3)nnc2SCC(=O)Nc2ccc(C)c(Cl)c2)cc1. The molecule has 0 saturated carbocycles. The molecular formula is C23H21ClN6O4S. The molecule has 0 fully saturated rings. The molecular weight excluding hydrogens is 492 g/mol. The second-order valence-electron chi connectivity index (χ2n) is 7.52. The third-order valence-electron chi connectivity index (χ3n) is 4.98. The highest BCUT2D eigenvalue weighted by atomic mass is 35.5. The van der Waals surface area contributed by atoms with Gasteiger partial charge in [0.1, 0.15) is 11.6 Å². The number of anilines is 1. The number of ether oxygens (including phenoxy) is 1. The van der Waals surface area contributed by atoms with E-state index in [4.69, 9.17) is 16.3 Å². The van der Waals surface area contributed by atoms with Crippen LogP contribution in [-0.4, -0.2) is 43.5 Å². The van der Waals surface area contributed by atoms with Crippen molar-refractivity contribution >= 4 is 35.0 Å². The lowest BCUT2D eigenvalue weighted by Crippen LogP contribution is -2.23. The number of rotatable bonds is 8. The average Bonchev–Trinajstić information content (AvgIpc) is 3.21. The van der Waals surface area contributed by atoms with Gasteiger partial charge in [-0.1, -0.05) is 29.4 Å². The molecule has 0 aliphatic carbocycles. The van der Waals surface area contributed by atoms with Crippen LogP contribution in [0.15, 0.2) is 63.3 Å². The summed E-state index contributed by atoms with van der Waals surface area (Å²) in [4.78, 5) is 40.7. The lowest BCUT2D eigenvalue weighted by atomic mass is 10.2. The number of nitrogens with zero attached hydrogens (tertiary/aromatic N) is 3. The van der Waals surface area contributed by atoms with Crippen LogP contribution in [0.2, 0.25) is 5.02 Å². The molecule has 2 aromatic heterocycles. The van der Waals surface area contributed by atoms with Gasteiger partial charge in [0.2, 0.25) is 5.91 Å². The van der Waals surface area contributed by atoms with E-state index in [1.54, 1.807) is 35.9 Å². The van der Waals surface area contributed by atoms with Crippen molar-refractivity contribution in [1.29, 1.82) is 0 Å². The van der Waals surface area contributed by atoms with Gasteiger partial charge in [0, 0.05) is 34.6 Å². The molecule has 0 bridgehead atoms. The first-order valence-corrected chi connectivity index (χ1v) is 11.8. The number of methoxy groups -OCH3 is 1. The van der Waals surface area contributed by atoms with Crippen molar-refractivity contribution in [2.24, 2.45) is 0 Å². The number of carbonyl (C=O) groups excluding carboxylic acids is 1. The number of H-pyrrole nitrogens is 2. The van der Waals surface area contributed by atoms with Crippen LogP contribution in [0, 0.1) is 6.92 Å². The minimum Gasteiger partial charge on any atom is -0.497 e. The molecule has 2 heterocycles. The molecule has 4 aromatic rings. The number of hydrogen-bond donors (Lipinski definition) is 3. The van der Waals surface area contributed by atoms with Crippen molar-refractivity contribution in [2.75, 3.05) is 18.2 Å². The number of benzene rings is 2. The van der Waals surface area contributed by atoms with Crippen LogP contribution in [-0.2, 0) is 11.2 Å². The Morgan fingerprint density at radius 3 is 2.57 bits per heavy atom. The minimum atomic E-state index is -0.606. The summed E-state index contributed by atoms with van der Waals surface area (Å²) in [5.74, 6) is 0.985. The number of aryl methyl sites for hydroxylation is 1. The monoisotopic (exact) mass is 512 g/mol. The van der Waals surface area contributed by atoms with E-state index in [-0.39, 0.29) is 18.1 Å². The number of hydrogen-bond acceptors (Lipinski definition) is 7. The highest BCUT2D eigenvalue weighted by molar-refractivity contribution is 7.99. The molecule has 3 N–H and O–H groups in total. The Bertz CT molecular complexity index is 1450. The average molecular weight is 513 g/mol. The zero-order valence-electron chi connectivity index (χ0n) is 18.8. The molecule has 180 valence electrons. The highest BCUT2D eigenvalue weighted by Crippen LogP contribution is 2.25. The fourth-order valence-corrected chi connectivity index (χ4v) is 4.23. The smallest absolute Gasteiger partial charge is 0.325 e. The molecule has 35 heavy (non-hydrogen) atoms. The summed E-state index contributed by atoms with van der Waals surface area (Å²) in [6, 6.07) is 13.8. The van der Waals surface area contributed by atoms with Crippen LogP contribution in [0.3, 0.4) is 0 Å². The molecule has 0 saturated heterocycles. The van der Waals surface area contributed by atoms with Gasteiger partial charge < -0.3 is 15.0 Å². The summed E-state index contributed by atoms with van der Waals surface area (Å²) >= 11 is 7.34. The summed E-state index contributed by atoms with van der Waals surface area (Å²) in [5.41, 5.74) is 1.51. The quantitative estimate of drug-likeness (QED) is 0.309. The van der Waals surface area contributed by atoms with Gasteiger partial charge in [-0.3, -0.25) is 19.1 Å². The van der Waals surface area contributed by atoms with Crippen molar-refractivity contribution in [2.45, 2.75) is 18.5 Å². The molecule has 0 radical (unpaired) electrons. The maximum atomic E-state index is 12.6. The number of carbonyl (C=O) groups is 1. The van der Waals surface area contributed by atoms with Crippen molar-refractivity contribution in [3.8, 4) is 11.4 Å². The Labute approximate surface area is 208 Å². The van der Waals surface area contributed by atoms with E-state index < -0.39 is 11.2 Å². The number of halogens is 1. The number of thioether (sulfide) groups is 1. The van der Waals surface area contributed by atoms with E-state index in [1.807, 2.05) is 25.1 Å². The molecule has 1 amide bonds. The van der Waals surface area contributed by atoms with Gasteiger partial charge in [0.25, 0.3) is 5.56 Å². The molecule has 0 aliphatic heterocycles. The van der Waals surface area contributed by atoms with Crippen LogP contribution < -0.4 is 21.3 Å². The van der Waals surface area contributed by atoms with Gasteiger partial charge in [0.15, 0.2) is 5.16 Å². The minimum absolute atomic E-state index is 0.0711. The van der Waals surface area contributed by atoms with Crippen molar-refractivity contribution in [3.05, 3.63) is 91.5 Å². The predicted octanol–water partition coefficient (Wildman–Crippen LogP) is 2.94. The van der Waals surface area contributed by atoms with E-state index in [1.165, 1.54) is 17.8 Å². The maximum Gasteiger partial charge on any atom is 0.325 e. The number of aromatic amines is 2. The fraction of sp³-hybridized carbons (Fsp3) is 0.174. The van der Waals surface area contributed by atoms with E-state index >= 15 is 0 Å². The van der Waals surface area contributed by atoms with E-state index in [0.29, 0.717) is 33.1 Å². The van der Waals surface area contributed by atoms with Crippen molar-refractivity contribution in [3.63, 3.8) is 0 Å². The third kappa shape index (κ3) is 6.00. The Kier molecular flexibility index (Phi) is 7.37. The van der Waals surface area contributed by atoms with Crippen LogP contribution >= 0.6 is 23.4 Å². The molecule has 0 unspecified atom stereocenters. The second-order valence-corrected chi connectivity index (χ2v) is 8.87. The number of aromatic nitrogens is 5. The summed E-state index contributed by atoms with van der Waals surface area (Å²) in [7, 11) is 1.57. The normalized spacial score (nSPS) is 10.8. The van der Waals surface area contributed by atoms with Gasteiger partial charge in [-0.15, -0.1) is 10.2 Å². The maximum absolute atomic E-state index is 12.6. The zero-order chi connectivity index (χ0) is 24.9. The molecule has 0 aliphatic rings. The molecule has 2 aromatic carbocycles. The van der Waals surface area contributed by atoms with Gasteiger partial charge >= 0.3 is 5.69 Å². The zero-order valence-corrected chi connectivity index (χ0v) is 20.4. The van der Waals surface area contributed by atoms with E-state index in [2.05, 4.69) is 25.5 Å². The Hall–Kier alpha value is -3.83. The van der Waals surface area contributed by atoms with Crippen LogP contribution in [0.1, 0.15) is 17.1 Å². The standard InChI is InChI=1S/C23H21ClN6O4S/c1-13-3-4-14(9-18(13)24)25-21(32)12-35-23-29-28-19(10-15-11-20(31)27-22(33)26-15)30(23)16-5-7-17(34-2)8-6-16/h3-9,11H,10,12H2,1-2H3,(H,25,32)(H2,26,27,31,33). The molecule has 12 heteroatoms. The molecule has 0 atom stereocenters. The summed E-state index contributed by atoms with van der Waals surface area (Å²) in [6.07, 6.45) is 0.146. The molecule has 10 nitrogen and oxygen atoms in total. The first-order valence-electron chi connectivity index (χ1n) is 10.4. The summed E-state index contributed by atoms with van der Waals surface area (Å²) in [5, 5.41) is 12.3. The van der Waals surface area contributed by atoms with Gasteiger partial charge in [-0.05, 0) is 48.9 Å². The van der Waals surface area contributed by atoms with E-state index in [0.717, 1.165) is 11.3 Å². The highest BCUT2D eigenvalue weighted by Gasteiger charge is 2.17. The first-order chi connectivity index (χ1) is 16.8. The Balaban J connectivity index is 1.59. The van der Waals surface area contributed by atoms with Gasteiger partial charge in [-0.2, -0.15) is 0 Å². The molecule has 4 rings (SSSR count). The summed E-state index contributed by atoms with van der Waals surface area (Å²) in [6.45, 7) is 1.88. The van der Waals surface area contributed by atoms with Gasteiger partial charge in [0.05, 0.1) is 12.9 Å². The largest absolute Gasteiger partial charge is 0.497 e.